The van der Waals surface area contributed by atoms with E-state index < -0.39 is 5.91 Å². The van der Waals surface area contributed by atoms with Crippen molar-refractivity contribution in [3.8, 4) is 0 Å². The lowest BCUT2D eigenvalue weighted by Crippen LogP contribution is -2.12. The molecule has 0 bridgehead atoms. The summed E-state index contributed by atoms with van der Waals surface area (Å²) in [6.45, 7) is 6.27. The van der Waals surface area contributed by atoms with E-state index in [0.29, 0.717) is 11.3 Å². The fraction of sp³-hybridized carbons (Fsp3) is 0.364. The number of primary amides is 1. The number of carbonyl (C=O) groups is 1. The molecular formula is C11H16N2OS. The van der Waals surface area contributed by atoms with Crippen LogP contribution in [0.1, 0.15) is 31.1 Å². The molecule has 1 rings (SSSR count). The number of nitrogens with two attached hydrogens (primary N) is 2. The zero-order chi connectivity index (χ0) is 11.6. The van der Waals surface area contributed by atoms with Gasteiger partial charge < -0.3 is 11.5 Å². The first-order valence-electron chi connectivity index (χ1n) is 4.68. The molecule has 1 aromatic rings. The molecule has 0 heterocycles. The molecule has 3 nitrogen and oxygen atoms in total. The highest BCUT2D eigenvalue weighted by molar-refractivity contribution is 8.00. The lowest BCUT2D eigenvalue weighted by atomic mass is 10.2. The SMILES string of the molecule is CC(C)(C)Sc1cc(C(N)=O)ccc1N. The molecule has 0 spiro atoms. The van der Waals surface area contributed by atoms with E-state index in [0.717, 1.165) is 4.90 Å². The minimum Gasteiger partial charge on any atom is -0.398 e. The van der Waals surface area contributed by atoms with Crippen LogP contribution in [0, 0.1) is 0 Å². The first-order chi connectivity index (χ1) is 6.79. The normalized spacial score (nSPS) is 11.4. The molecule has 0 saturated carbocycles. The average Bonchev–Trinajstić information content (AvgIpc) is 2.06. The Labute approximate surface area is 94.2 Å². The quantitative estimate of drug-likeness (QED) is 0.598. The monoisotopic (exact) mass is 224 g/mol. The Morgan fingerprint density at radius 2 is 1.93 bits per heavy atom. The van der Waals surface area contributed by atoms with E-state index in [-0.39, 0.29) is 4.75 Å². The summed E-state index contributed by atoms with van der Waals surface area (Å²) in [5.41, 5.74) is 12.2. The Morgan fingerprint density at radius 1 is 1.33 bits per heavy atom. The van der Waals surface area contributed by atoms with Crippen LogP contribution in [0.3, 0.4) is 0 Å². The standard InChI is InChI=1S/C11H16N2OS/c1-11(2,3)15-9-6-7(10(13)14)4-5-8(9)12/h4-6H,12H2,1-3H3,(H2,13,14). The third-order valence-corrected chi connectivity index (χ3v) is 2.90. The Balaban J connectivity index is 3.06. The van der Waals surface area contributed by atoms with Gasteiger partial charge in [0.1, 0.15) is 0 Å². The predicted octanol–water partition coefficient (Wildman–Crippen LogP) is 2.26. The van der Waals surface area contributed by atoms with Crippen LogP contribution in [0.4, 0.5) is 5.69 Å². The summed E-state index contributed by atoms with van der Waals surface area (Å²) in [5.74, 6) is -0.425. The summed E-state index contributed by atoms with van der Waals surface area (Å²) in [6, 6.07) is 5.10. The summed E-state index contributed by atoms with van der Waals surface area (Å²) in [7, 11) is 0. The number of amides is 1. The topological polar surface area (TPSA) is 69.1 Å². The molecule has 4 N–H and O–H groups in total. The van der Waals surface area contributed by atoms with E-state index in [9.17, 15) is 4.79 Å². The first kappa shape index (κ1) is 11.9. The zero-order valence-corrected chi connectivity index (χ0v) is 10.0. The van der Waals surface area contributed by atoms with Crippen LogP contribution in [0.15, 0.2) is 23.1 Å². The molecule has 15 heavy (non-hydrogen) atoms. The Hall–Kier alpha value is -1.16. The van der Waals surface area contributed by atoms with Crippen molar-refractivity contribution in [2.75, 3.05) is 5.73 Å². The summed E-state index contributed by atoms with van der Waals surface area (Å²) >= 11 is 1.63. The van der Waals surface area contributed by atoms with Crippen molar-refractivity contribution in [1.29, 1.82) is 0 Å². The molecule has 0 aromatic heterocycles. The molecule has 0 fully saturated rings. The Bertz CT molecular complexity index is 383. The van der Waals surface area contributed by atoms with Crippen molar-refractivity contribution in [2.24, 2.45) is 5.73 Å². The molecule has 0 aliphatic heterocycles. The van der Waals surface area contributed by atoms with Crippen LogP contribution < -0.4 is 11.5 Å². The molecule has 1 aromatic carbocycles. The minimum absolute atomic E-state index is 0.0599. The second kappa shape index (κ2) is 4.14. The number of anilines is 1. The number of carbonyl (C=O) groups excluding carboxylic acids is 1. The van der Waals surface area contributed by atoms with Crippen molar-refractivity contribution >= 4 is 23.4 Å². The zero-order valence-electron chi connectivity index (χ0n) is 9.20. The molecular weight excluding hydrogens is 208 g/mol. The van der Waals surface area contributed by atoms with Crippen molar-refractivity contribution in [1.82, 2.24) is 0 Å². The van der Waals surface area contributed by atoms with Gasteiger partial charge in [0.2, 0.25) is 5.91 Å². The van der Waals surface area contributed by atoms with Gasteiger partial charge >= 0.3 is 0 Å². The molecule has 4 heteroatoms. The van der Waals surface area contributed by atoms with Gasteiger partial charge in [0.25, 0.3) is 0 Å². The highest BCUT2D eigenvalue weighted by Crippen LogP contribution is 2.35. The maximum Gasteiger partial charge on any atom is 0.248 e. The van der Waals surface area contributed by atoms with Gasteiger partial charge in [-0.3, -0.25) is 4.79 Å². The van der Waals surface area contributed by atoms with E-state index in [2.05, 4.69) is 20.8 Å². The summed E-state index contributed by atoms with van der Waals surface area (Å²) < 4.78 is 0.0599. The Kier molecular flexibility index (Phi) is 3.29. The highest BCUT2D eigenvalue weighted by atomic mass is 32.2. The van der Waals surface area contributed by atoms with Crippen LogP contribution in [-0.4, -0.2) is 10.7 Å². The maximum atomic E-state index is 11.0. The molecule has 82 valence electrons. The summed E-state index contributed by atoms with van der Waals surface area (Å²) in [6.07, 6.45) is 0. The van der Waals surface area contributed by atoms with Crippen LogP contribution >= 0.6 is 11.8 Å². The summed E-state index contributed by atoms with van der Waals surface area (Å²) in [4.78, 5) is 11.9. The van der Waals surface area contributed by atoms with Gasteiger partial charge in [0, 0.05) is 20.9 Å². The van der Waals surface area contributed by atoms with E-state index >= 15 is 0 Å². The van der Waals surface area contributed by atoms with Crippen molar-refractivity contribution in [3.63, 3.8) is 0 Å². The average molecular weight is 224 g/mol. The van der Waals surface area contributed by atoms with Gasteiger partial charge in [0.05, 0.1) is 0 Å². The fourth-order valence-corrected chi connectivity index (χ4v) is 2.14. The smallest absolute Gasteiger partial charge is 0.248 e. The van der Waals surface area contributed by atoms with E-state index in [1.807, 2.05) is 0 Å². The number of nitrogen functional groups attached to an aromatic ring is 1. The van der Waals surface area contributed by atoms with Crippen LogP contribution in [0.2, 0.25) is 0 Å². The van der Waals surface area contributed by atoms with E-state index in [4.69, 9.17) is 11.5 Å². The first-order valence-corrected chi connectivity index (χ1v) is 5.49. The lowest BCUT2D eigenvalue weighted by molar-refractivity contribution is 0.1000. The second-order valence-corrected chi connectivity index (χ2v) is 6.20. The van der Waals surface area contributed by atoms with Crippen molar-refractivity contribution in [2.45, 2.75) is 30.4 Å². The highest BCUT2D eigenvalue weighted by Gasteiger charge is 2.15. The van der Waals surface area contributed by atoms with Crippen LogP contribution in [0.25, 0.3) is 0 Å². The third kappa shape index (κ3) is 3.47. The van der Waals surface area contributed by atoms with Gasteiger partial charge in [-0.25, -0.2) is 0 Å². The fourth-order valence-electron chi connectivity index (χ4n) is 1.11. The predicted molar refractivity (Wildman–Crippen MR) is 65.0 cm³/mol. The molecule has 1 amide bonds. The molecule has 0 aliphatic carbocycles. The number of hydrogen-bond donors (Lipinski definition) is 2. The van der Waals surface area contributed by atoms with Gasteiger partial charge in [0.15, 0.2) is 0 Å². The van der Waals surface area contributed by atoms with E-state index in [1.54, 1.807) is 30.0 Å². The molecule has 0 saturated heterocycles. The largest absolute Gasteiger partial charge is 0.398 e. The molecule has 0 radical (unpaired) electrons. The van der Waals surface area contributed by atoms with Crippen LogP contribution in [-0.2, 0) is 0 Å². The summed E-state index contributed by atoms with van der Waals surface area (Å²) in [5, 5.41) is 0. The molecule has 0 unspecified atom stereocenters. The maximum absolute atomic E-state index is 11.0. The van der Waals surface area contributed by atoms with Crippen LogP contribution in [0.5, 0.6) is 0 Å². The second-order valence-electron chi connectivity index (χ2n) is 4.33. The van der Waals surface area contributed by atoms with Gasteiger partial charge in [-0.2, -0.15) is 0 Å². The van der Waals surface area contributed by atoms with Gasteiger partial charge in [-0.15, -0.1) is 11.8 Å². The third-order valence-electron chi connectivity index (χ3n) is 1.71. The number of rotatable bonds is 2. The van der Waals surface area contributed by atoms with Gasteiger partial charge in [-0.05, 0) is 18.2 Å². The molecule has 0 aliphatic rings. The van der Waals surface area contributed by atoms with Crippen molar-refractivity contribution < 1.29 is 4.79 Å². The van der Waals surface area contributed by atoms with Gasteiger partial charge in [-0.1, -0.05) is 20.8 Å². The molecule has 0 atom stereocenters. The minimum atomic E-state index is -0.425. The number of benzene rings is 1. The Morgan fingerprint density at radius 3 is 2.40 bits per heavy atom. The lowest BCUT2D eigenvalue weighted by Gasteiger charge is -2.19. The number of hydrogen-bond acceptors (Lipinski definition) is 3. The van der Waals surface area contributed by atoms with E-state index in [1.165, 1.54) is 0 Å². The number of thioether (sulfide) groups is 1. The van der Waals surface area contributed by atoms with Crippen molar-refractivity contribution in [3.05, 3.63) is 23.8 Å².